The smallest absolute Gasteiger partial charge is 0.140 e. The molecule has 0 aromatic rings. The molecular formula is C9H17N3O. The molecule has 1 saturated heterocycles. The van der Waals surface area contributed by atoms with Gasteiger partial charge in [0.05, 0.1) is 12.1 Å². The first-order valence-corrected chi connectivity index (χ1v) is 4.99. The van der Waals surface area contributed by atoms with Gasteiger partial charge in [-0.25, -0.2) is 5.84 Å². The van der Waals surface area contributed by atoms with E-state index in [9.17, 15) is 0 Å². The minimum absolute atomic E-state index is 0.112. The van der Waals surface area contributed by atoms with Crippen molar-refractivity contribution < 1.29 is 4.74 Å². The fourth-order valence-electron chi connectivity index (χ4n) is 1.62. The highest BCUT2D eigenvalue weighted by atomic mass is 16.5. The number of nitrogens with one attached hydrogen (secondary N) is 1. The van der Waals surface area contributed by atoms with Crippen LogP contribution in [0.4, 0.5) is 0 Å². The van der Waals surface area contributed by atoms with E-state index >= 15 is 0 Å². The van der Waals surface area contributed by atoms with Crippen molar-refractivity contribution in [2.24, 2.45) is 10.8 Å². The van der Waals surface area contributed by atoms with Crippen LogP contribution in [0.3, 0.4) is 0 Å². The monoisotopic (exact) mass is 183 g/mol. The third kappa shape index (κ3) is 2.19. The molecule has 2 unspecified atom stereocenters. The summed E-state index contributed by atoms with van der Waals surface area (Å²) in [5.74, 6) is 6.25. The molecule has 0 spiro atoms. The predicted molar refractivity (Wildman–Crippen MR) is 51.3 cm³/mol. The fourth-order valence-corrected chi connectivity index (χ4v) is 1.62. The van der Waals surface area contributed by atoms with Gasteiger partial charge in [-0.1, -0.05) is 0 Å². The van der Waals surface area contributed by atoms with E-state index in [4.69, 9.17) is 10.6 Å². The minimum Gasteiger partial charge on any atom is -0.367 e. The summed E-state index contributed by atoms with van der Waals surface area (Å²) in [4.78, 5) is 4.48. The second-order valence-electron chi connectivity index (χ2n) is 3.90. The largest absolute Gasteiger partial charge is 0.367 e. The predicted octanol–water partition coefficient (Wildman–Crippen LogP) is 0.578. The van der Waals surface area contributed by atoms with Crippen LogP contribution in [0.2, 0.25) is 0 Å². The van der Waals surface area contributed by atoms with Gasteiger partial charge in [0, 0.05) is 0 Å². The van der Waals surface area contributed by atoms with E-state index in [2.05, 4.69) is 17.3 Å². The zero-order chi connectivity index (χ0) is 9.26. The van der Waals surface area contributed by atoms with Gasteiger partial charge in [0.1, 0.15) is 11.9 Å². The molecule has 0 radical (unpaired) electrons. The van der Waals surface area contributed by atoms with E-state index < -0.39 is 0 Å². The molecule has 4 heteroatoms. The molecule has 0 bridgehead atoms. The highest BCUT2D eigenvalue weighted by molar-refractivity contribution is 5.86. The van der Waals surface area contributed by atoms with Crippen molar-refractivity contribution in [2.45, 2.75) is 50.9 Å². The topological polar surface area (TPSA) is 59.6 Å². The van der Waals surface area contributed by atoms with Crippen LogP contribution >= 0.6 is 0 Å². The lowest BCUT2D eigenvalue weighted by molar-refractivity contribution is 0.0915. The Bertz CT molecular complexity index is 213. The summed E-state index contributed by atoms with van der Waals surface area (Å²) in [6.45, 7) is 2.09. The average Bonchev–Trinajstić information content (AvgIpc) is 2.84. The molecule has 0 aromatic carbocycles. The summed E-state index contributed by atoms with van der Waals surface area (Å²) in [5.41, 5.74) is 2.66. The Labute approximate surface area is 78.5 Å². The van der Waals surface area contributed by atoms with Gasteiger partial charge in [0.15, 0.2) is 0 Å². The lowest BCUT2D eigenvalue weighted by Gasteiger charge is -2.13. The third-order valence-electron chi connectivity index (χ3n) is 2.55. The van der Waals surface area contributed by atoms with E-state index in [0.29, 0.717) is 12.1 Å². The summed E-state index contributed by atoms with van der Waals surface area (Å²) in [6.07, 6.45) is 5.01. The third-order valence-corrected chi connectivity index (χ3v) is 2.55. The molecule has 2 aliphatic rings. The second-order valence-corrected chi connectivity index (χ2v) is 3.90. The molecular weight excluding hydrogens is 166 g/mol. The second kappa shape index (κ2) is 3.64. The van der Waals surface area contributed by atoms with E-state index in [1.54, 1.807) is 0 Å². The molecule has 0 amide bonds. The van der Waals surface area contributed by atoms with Gasteiger partial charge < -0.3 is 10.2 Å². The normalized spacial score (nSPS) is 35.1. The molecule has 2 rings (SSSR count). The van der Waals surface area contributed by atoms with Gasteiger partial charge >= 0.3 is 0 Å². The number of aliphatic imine (C=N–C) groups is 1. The highest BCUT2D eigenvalue weighted by Crippen LogP contribution is 2.26. The molecule has 1 aliphatic carbocycles. The molecule has 0 aromatic heterocycles. The lowest BCUT2D eigenvalue weighted by atomic mass is 10.2. The summed E-state index contributed by atoms with van der Waals surface area (Å²) in [6, 6.07) is 0.505. The lowest BCUT2D eigenvalue weighted by Crippen LogP contribution is -2.39. The Balaban J connectivity index is 1.95. The number of rotatable bonds is 2. The number of nitrogens with zero attached hydrogens (tertiary/aromatic N) is 1. The zero-order valence-electron chi connectivity index (χ0n) is 7.99. The van der Waals surface area contributed by atoms with Crippen LogP contribution in [-0.2, 0) is 4.74 Å². The maximum absolute atomic E-state index is 5.67. The Morgan fingerprint density at radius 3 is 2.62 bits per heavy atom. The maximum atomic E-state index is 5.67. The molecule has 3 N–H and O–H groups in total. The Morgan fingerprint density at radius 1 is 1.38 bits per heavy atom. The van der Waals surface area contributed by atoms with Crippen molar-refractivity contribution in [3.8, 4) is 0 Å². The Morgan fingerprint density at radius 2 is 2.15 bits per heavy atom. The van der Waals surface area contributed by atoms with Gasteiger partial charge in [0.25, 0.3) is 0 Å². The molecule has 1 heterocycles. The molecule has 2 atom stereocenters. The average molecular weight is 183 g/mol. The van der Waals surface area contributed by atoms with Crippen molar-refractivity contribution in [1.82, 2.24) is 5.43 Å². The molecule has 1 aliphatic heterocycles. The van der Waals surface area contributed by atoms with Crippen molar-refractivity contribution in [3.05, 3.63) is 0 Å². The van der Waals surface area contributed by atoms with Crippen LogP contribution in [0.25, 0.3) is 0 Å². The van der Waals surface area contributed by atoms with Crippen molar-refractivity contribution in [1.29, 1.82) is 0 Å². The fraction of sp³-hybridized carbons (Fsp3) is 0.889. The molecule has 74 valence electrons. The highest BCUT2D eigenvalue weighted by Gasteiger charge is 2.28. The van der Waals surface area contributed by atoms with Crippen LogP contribution in [0.1, 0.15) is 32.6 Å². The van der Waals surface area contributed by atoms with Crippen LogP contribution in [0.5, 0.6) is 0 Å². The Kier molecular flexibility index (Phi) is 2.51. The number of amidine groups is 1. The summed E-state index contributed by atoms with van der Waals surface area (Å²) in [7, 11) is 0. The van der Waals surface area contributed by atoms with E-state index in [0.717, 1.165) is 18.7 Å². The standard InChI is InChI=1S/C9H17N3O/c1-6-2-5-8(13-6)9(12-10)11-7-3-4-7/h6-8H,2-5,10H2,1H3,(H,11,12). The Hall–Kier alpha value is -0.610. The van der Waals surface area contributed by atoms with Crippen LogP contribution < -0.4 is 11.3 Å². The van der Waals surface area contributed by atoms with Gasteiger partial charge in [-0.2, -0.15) is 0 Å². The zero-order valence-corrected chi connectivity index (χ0v) is 7.99. The van der Waals surface area contributed by atoms with E-state index in [-0.39, 0.29) is 6.10 Å². The molecule has 2 fully saturated rings. The van der Waals surface area contributed by atoms with E-state index in [1.165, 1.54) is 12.8 Å². The van der Waals surface area contributed by atoms with Crippen LogP contribution in [0, 0.1) is 0 Å². The first-order chi connectivity index (χ1) is 6.29. The first-order valence-electron chi connectivity index (χ1n) is 4.99. The summed E-state index contributed by atoms with van der Waals surface area (Å²) < 4.78 is 5.67. The van der Waals surface area contributed by atoms with Crippen LogP contribution in [-0.4, -0.2) is 24.1 Å². The van der Waals surface area contributed by atoms with Crippen molar-refractivity contribution in [2.75, 3.05) is 0 Å². The van der Waals surface area contributed by atoms with Crippen LogP contribution in [0.15, 0.2) is 4.99 Å². The molecule has 4 nitrogen and oxygen atoms in total. The summed E-state index contributed by atoms with van der Waals surface area (Å²) >= 11 is 0. The first kappa shape index (κ1) is 8.97. The molecule has 13 heavy (non-hydrogen) atoms. The van der Waals surface area contributed by atoms with Crippen molar-refractivity contribution in [3.63, 3.8) is 0 Å². The number of hydrogen-bond donors (Lipinski definition) is 2. The maximum Gasteiger partial charge on any atom is 0.140 e. The number of hydrogen-bond acceptors (Lipinski definition) is 3. The van der Waals surface area contributed by atoms with Crippen molar-refractivity contribution >= 4 is 5.84 Å². The summed E-state index contributed by atoms with van der Waals surface area (Å²) in [5, 5.41) is 0. The molecule has 1 saturated carbocycles. The number of hydrazine groups is 1. The van der Waals surface area contributed by atoms with E-state index in [1.807, 2.05) is 0 Å². The number of ether oxygens (including phenoxy) is 1. The van der Waals surface area contributed by atoms with Gasteiger partial charge in [0.2, 0.25) is 0 Å². The quantitative estimate of drug-likeness (QED) is 0.285. The van der Waals surface area contributed by atoms with Gasteiger partial charge in [-0.05, 0) is 32.6 Å². The van der Waals surface area contributed by atoms with Gasteiger partial charge in [-0.15, -0.1) is 0 Å². The minimum atomic E-state index is 0.112. The van der Waals surface area contributed by atoms with Gasteiger partial charge in [-0.3, -0.25) is 4.99 Å². The SMILES string of the molecule is CC1CCC(C(=NC2CC2)NN)O1. The number of nitrogens with two attached hydrogens (primary N) is 1.